The van der Waals surface area contributed by atoms with Gasteiger partial charge in [-0.1, -0.05) is 38.3 Å². The Morgan fingerprint density at radius 3 is 2.44 bits per heavy atom. The van der Waals surface area contributed by atoms with E-state index in [9.17, 15) is 4.79 Å². The molecule has 100 valence electrons. The molecule has 1 aromatic carbocycles. The molecule has 2 N–H and O–H groups in total. The second-order valence-corrected chi connectivity index (χ2v) is 4.62. The summed E-state index contributed by atoms with van der Waals surface area (Å²) >= 11 is 0. The van der Waals surface area contributed by atoms with Gasteiger partial charge in [-0.15, -0.1) is 0 Å². The molecule has 0 saturated heterocycles. The van der Waals surface area contributed by atoms with Crippen LogP contribution in [0.5, 0.6) is 0 Å². The maximum atomic E-state index is 10.9. The maximum absolute atomic E-state index is 10.9. The van der Waals surface area contributed by atoms with E-state index in [1.165, 1.54) is 38.2 Å². The molecule has 18 heavy (non-hydrogen) atoms. The average Bonchev–Trinajstić information content (AvgIpc) is 2.35. The topological polar surface area (TPSA) is 41.1 Å². The van der Waals surface area contributed by atoms with Crippen LogP contribution in [0.3, 0.4) is 0 Å². The number of anilines is 1. The summed E-state index contributed by atoms with van der Waals surface area (Å²) in [5.41, 5.74) is 2.11. The first kappa shape index (κ1) is 14.7. The van der Waals surface area contributed by atoms with Crippen LogP contribution >= 0.6 is 0 Å². The monoisotopic (exact) mass is 248 g/mol. The summed E-state index contributed by atoms with van der Waals surface area (Å²) in [5, 5.41) is 6.20. The van der Waals surface area contributed by atoms with Crippen molar-refractivity contribution in [2.45, 2.75) is 46.1 Å². The minimum absolute atomic E-state index is 0.0307. The molecule has 1 amide bonds. The molecule has 1 aromatic rings. The van der Waals surface area contributed by atoms with Gasteiger partial charge in [-0.05, 0) is 30.7 Å². The molecular weight excluding hydrogens is 224 g/mol. The number of amides is 1. The largest absolute Gasteiger partial charge is 0.326 e. The van der Waals surface area contributed by atoms with Gasteiger partial charge in [0.2, 0.25) is 5.91 Å². The van der Waals surface area contributed by atoms with E-state index in [0.29, 0.717) is 0 Å². The lowest BCUT2D eigenvalue weighted by molar-refractivity contribution is -0.114. The number of carbonyl (C=O) groups excluding carboxylic acids is 1. The van der Waals surface area contributed by atoms with E-state index in [1.807, 2.05) is 24.3 Å². The van der Waals surface area contributed by atoms with Gasteiger partial charge in [-0.25, -0.2) is 0 Å². The van der Waals surface area contributed by atoms with Gasteiger partial charge in [0, 0.05) is 19.2 Å². The Hall–Kier alpha value is -1.35. The van der Waals surface area contributed by atoms with Crippen LogP contribution in [0.4, 0.5) is 5.69 Å². The Bertz CT molecular complexity index is 346. The molecule has 0 saturated carbocycles. The SMILES string of the molecule is CCCCCCNCc1ccc(NC(C)=O)cc1. The maximum Gasteiger partial charge on any atom is 0.221 e. The van der Waals surface area contributed by atoms with E-state index >= 15 is 0 Å². The highest BCUT2D eigenvalue weighted by molar-refractivity contribution is 5.88. The third-order valence-corrected chi connectivity index (χ3v) is 2.81. The highest BCUT2D eigenvalue weighted by atomic mass is 16.1. The van der Waals surface area contributed by atoms with Crippen molar-refractivity contribution in [1.82, 2.24) is 5.32 Å². The second kappa shape index (κ2) is 8.70. The van der Waals surface area contributed by atoms with Crippen LogP contribution in [-0.4, -0.2) is 12.5 Å². The smallest absolute Gasteiger partial charge is 0.221 e. The summed E-state index contributed by atoms with van der Waals surface area (Å²) < 4.78 is 0. The first-order valence-corrected chi connectivity index (χ1v) is 6.79. The molecule has 0 aliphatic heterocycles. The number of carbonyl (C=O) groups is 1. The van der Waals surface area contributed by atoms with Crippen LogP contribution in [0.25, 0.3) is 0 Å². The first-order valence-electron chi connectivity index (χ1n) is 6.79. The Balaban J connectivity index is 2.20. The molecule has 0 fully saturated rings. The van der Waals surface area contributed by atoms with Crippen molar-refractivity contribution in [3.63, 3.8) is 0 Å². The van der Waals surface area contributed by atoms with E-state index < -0.39 is 0 Å². The number of nitrogens with one attached hydrogen (secondary N) is 2. The van der Waals surface area contributed by atoms with Crippen molar-refractivity contribution in [3.8, 4) is 0 Å². The van der Waals surface area contributed by atoms with Crippen LogP contribution in [0.15, 0.2) is 24.3 Å². The summed E-state index contributed by atoms with van der Waals surface area (Å²) in [4.78, 5) is 10.9. The van der Waals surface area contributed by atoms with E-state index in [-0.39, 0.29) is 5.91 Å². The van der Waals surface area contributed by atoms with Gasteiger partial charge in [0.1, 0.15) is 0 Å². The zero-order valence-corrected chi connectivity index (χ0v) is 11.5. The fourth-order valence-electron chi connectivity index (χ4n) is 1.82. The Morgan fingerprint density at radius 2 is 1.83 bits per heavy atom. The third kappa shape index (κ3) is 6.40. The van der Waals surface area contributed by atoms with Crippen LogP contribution in [0, 0.1) is 0 Å². The number of benzene rings is 1. The Kier molecular flexibility index (Phi) is 7.11. The zero-order valence-electron chi connectivity index (χ0n) is 11.5. The molecule has 3 nitrogen and oxygen atoms in total. The number of rotatable bonds is 8. The third-order valence-electron chi connectivity index (χ3n) is 2.81. The van der Waals surface area contributed by atoms with Crippen LogP contribution in [0.1, 0.15) is 45.1 Å². The van der Waals surface area contributed by atoms with E-state index in [4.69, 9.17) is 0 Å². The average molecular weight is 248 g/mol. The molecule has 0 aliphatic carbocycles. The second-order valence-electron chi connectivity index (χ2n) is 4.62. The predicted molar refractivity (Wildman–Crippen MR) is 76.6 cm³/mol. The van der Waals surface area contributed by atoms with Gasteiger partial charge in [-0.3, -0.25) is 4.79 Å². The summed E-state index contributed by atoms with van der Waals surface area (Å²) in [5.74, 6) is -0.0307. The van der Waals surface area contributed by atoms with Gasteiger partial charge in [0.15, 0.2) is 0 Å². The number of hydrogen-bond acceptors (Lipinski definition) is 2. The fraction of sp³-hybridized carbons (Fsp3) is 0.533. The summed E-state index contributed by atoms with van der Waals surface area (Å²) in [6.07, 6.45) is 5.17. The van der Waals surface area contributed by atoms with Crippen molar-refractivity contribution in [1.29, 1.82) is 0 Å². The minimum atomic E-state index is -0.0307. The molecule has 0 atom stereocenters. The van der Waals surface area contributed by atoms with E-state index in [0.717, 1.165) is 18.8 Å². The Morgan fingerprint density at radius 1 is 1.11 bits per heavy atom. The molecule has 0 spiro atoms. The van der Waals surface area contributed by atoms with Gasteiger partial charge in [0.05, 0.1) is 0 Å². The molecule has 3 heteroatoms. The Labute approximate surface area is 110 Å². The summed E-state index contributed by atoms with van der Waals surface area (Å²) in [7, 11) is 0. The van der Waals surface area contributed by atoms with Crippen LogP contribution in [0.2, 0.25) is 0 Å². The first-order chi connectivity index (χ1) is 8.72. The lowest BCUT2D eigenvalue weighted by atomic mass is 10.2. The highest BCUT2D eigenvalue weighted by Gasteiger charge is 1.96. The van der Waals surface area contributed by atoms with Crippen molar-refractivity contribution in [3.05, 3.63) is 29.8 Å². The molecule has 0 unspecified atom stereocenters. The molecule has 0 bridgehead atoms. The molecule has 0 heterocycles. The summed E-state index contributed by atoms with van der Waals surface area (Å²) in [6, 6.07) is 7.97. The fourth-order valence-corrected chi connectivity index (χ4v) is 1.82. The number of hydrogen-bond donors (Lipinski definition) is 2. The standard InChI is InChI=1S/C15H24N2O/c1-3-4-5-6-11-16-12-14-7-9-15(10-8-14)17-13(2)18/h7-10,16H,3-6,11-12H2,1-2H3,(H,17,18). The highest BCUT2D eigenvalue weighted by Crippen LogP contribution is 2.09. The molecule has 1 rings (SSSR count). The van der Waals surface area contributed by atoms with Gasteiger partial charge in [0.25, 0.3) is 0 Å². The van der Waals surface area contributed by atoms with Crippen LogP contribution in [-0.2, 0) is 11.3 Å². The molecule has 0 aromatic heterocycles. The quantitative estimate of drug-likeness (QED) is 0.693. The van der Waals surface area contributed by atoms with E-state index in [2.05, 4.69) is 17.6 Å². The van der Waals surface area contributed by atoms with Crippen LogP contribution < -0.4 is 10.6 Å². The lowest BCUT2D eigenvalue weighted by Gasteiger charge is -2.06. The zero-order chi connectivity index (χ0) is 13.2. The summed E-state index contributed by atoms with van der Waals surface area (Å²) in [6.45, 7) is 5.72. The molecule has 0 radical (unpaired) electrons. The normalized spacial score (nSPS) is 10.3. The van der Waals surface area contributed by atoms with Crippen molar-refractivity contribution in [2.24, 2.45) is 0 Å². The predicted octanol–water partition coefficient (Wildman–Crippen LogP) is 3.31. The van der Waals surface area contributed by atoms with Gasteiger partial charge >= 0.3 is 0 Å². The molecule has 0 aliphatic rings. The van der Waals surface area contributed by atoms with Crippen molar-refractivity contribution in [2.75, 3.05) is 11.9 Å². The lowest BCUT2D eigenvalue weighted by Crippen LogP contribution is -2.14. The van der Waals surface area contributed by atoms with Gasteiger partial charge in [-0.2, -0.15) is 0 Å². The van der Waals surface area contributed by atoms with Gasteiger partial charge < -0.3 is 10.6 Å². The molecular formula is C15H24N2O. The van der Waals surface area contributed by atoms with Crippen molar-refractivity contribution < 1.29 is 4.79 Å². The van der Waals surface area contributed by atoms with E-state index in [1.54, 1.807) is 0 Å². The van der Waals surface area contributed by atoms with Crippen molar-refractivity contribution >= 4 is 11.6 Å². The minimum Gasteiger partial charge on any atom is -0.326 e. The number of unbranched alkanes of at least 4 members (excludes halogenated alkanes) is 3.